The molecule has 0 saturated carbocycles. The van der Waals surface area contributed by atoms with Gasteiger partial charge in [0.1, 0.15) is 0 Å². The second kappa shape index (κ2) is 9.33. The van der Waals surface area contributed by atoms with Gasteiger partial charge >= 0.3 is 0 Å². The largest absolute Gasteiger partial charge is 0.355 e. The number of nitrogens with one attached hydrogen (secondary N) is 3. The zero-order valence-corrected chi connectivity index (χ0v) is 16.8. The molecule has 3 aromatic rings. The molecule has 0 aliphatic rings. The van der Waals surface area contributed by atoms with Crippen molar-refractivity contribution in [2.45, 2.75) is 20.8 Å². The summed E-state index contributed by atoms with van der Waals surface area (Å²) in [6, 6.07) is 17.6. The molecule has 0 bridgehead atoms. The molecule has 0 fully saturated rings. The summed E-state index contributed by atoms with van der Waals surface area (Å²) in [5, 5.41) is 10.8. The SMILES string of the molecule is Cc1cc(Nc2cccc(C(=O)NCCNCC(C)C)c2)c2ccccc2n1. The highest BCUT2D eigenvalue weighted by Gasteiger charge is 2.08. The quantitative estimate of drug-likeness (QED) is 0.514. The van der Waals surface area contributed by atoms with Gasteiger partial charge in [0, 0.05) is 41.1 Å². The molecule has 1 aromatic heterocycles. The molecule has 1 heterocycles. The number of carbonyl (C=O) groups excluding carboxylic acids is 1. The van der Waals surface area contributed by atoms with Crippen LogP contribution >= 0.6 is 0 Å². The predicted octanol–water partition coefficient (Wildman–Crippen LogP) is 4.26. The molecule has 2 aromatic carbocycles. The fourth-order valence-electron chi connectivity index (χ4n) is 3.06. The first kappa shape index (κ1) is 19.8. The van der Waals surface area contributed by atoms with Gasteiger partial charge in [-0.3, -0.25) is 9.78 Å². The third-order valence-corrected chi connectivity index (χ3v) is 4.39. The molecule has 1 amide bonds. The highest BCUT2D eigenvalue weighted by molar-refractivity contribution is 5.96. The Balaban J connectivity index is 1.68. The predicted molar refractivity (Wildman–Crippen MR) is 116 cm³/mol. The average molecular weight is 377 g/mol. The molecule has 3 N–H and O–H groups in total. The van der Waals surface area contributed by atoms with Crippen LogP contribution in [0.1, 0.15) is 29.9 Å². The smallest absolute Gasteiger partial charge is 0.251 e. The summed E-state index contributed by atoms with van der Waals surface area (Å²) in [5.41, 5.74) is 4.40. The molecule has 3 rings (SSSR count). The Bertz CT molecular complexity index is 952. The molecular weight excluding hydrogens is 348 g/mol. The van der Waals surface area contributed by atoms with E-state index in [4.69, 9.17) is 0 Å². The number of rotatable bonds is 8. The number of hydrogen-bond acceptors (Lipinski definition) is 4. The van der Waals surface area contributed by atoms with Crippen molar-refractivity contribution >= 4 is 28.2 Å². The molecule has 0 atom stereocenters. The third-order valence-electron chi connectivity index (χ3n) is 4.39. The standard InChI is InChI=1S/C23H28N4O/c1-16(2)15-24-11-12-25-23(28)18-7-6-8-19(14-18)27-22-13-17(3)26-21-10-5-4-9-20(21)22/h4-10,13-14,16,24H,11-12,15H2,1-3H3,(H,25,28)(H,26,27). The van der Waals surface area contributed by atoms with Crippen LogP contribution in [0.25, 0.3) is 10.9 Å². The molecule has 5 nitrogen and oxygen atoms in total. The fraction of sp³-hybridized carbons (Fsp3) is 0.304. The molecule has 0 unspecified atom stereocenters. The number of benzene rings is 2. The van der Waals surface area contributed by atoms with Crippen LogP contribution in [0.5, 0.6) is 0 Å². The first-order chi connectivity index (χ1) is 13.5. The molecule has 28 heavy (non-hydrogen) atoms. The topological polar surface area (TPSA) is 66.1 Å². The number of carbonyl (C=O) groups is 1. The average Bonchev–Trinajstić information content (AvgIpc) is 2.67. The van der Waals surface area contributed by atoms with Gasteiger partial charge < -0.3 is 16.0 Å². The van der Waals surface area contributed by atoms with E-state index in [1.165, 1.54) is 0 Å². The van der Waals surface area contributed by atoms with Gasteiger partial charge in [0.05, 0.1) is 5.52 Å². The van der Waals surface area contributed by atoms with Gasteiger partial charge in [-0.2, -0.15) is 0 Å². The minimum Gasteiger partial charge on any atom is -0.355 e. The lowest BCUT2D eigenvalue weighted by Gasteiger charge is -2.12. The second-order valence-corrected chi connectivity index (χ2v) is 7.39. The van der Waals surface area contributed by atoms with Gasteiger partial charge in [0.15, 0.2) is 0 Å². The monoisotopic (exact) mass is 376 g/mol. The Morgan fingerprint density at radius 3 is 2.68 bits per heavy atom. The van der Waals surface area contributed by atoms with E-state index in [1.807, 2.05) is 61.5 Å². The van der Waals surface area contributed by atoms with E-state index >= 15 is 0 Å². The minimum absolute atomic E-state index is 0.0641. The number of pyridine rings is 1. The number of amides is 1. The van der Waals surface area contributed by atoms with Crippen molar-refractivity contribution in [3.05, 3.63) is 65.9 Å². The van der Waals surface area contributed by atoms with E-state index in [-0.39, 0.29) is 5.91 Å². The minimum atomic E-state index is -0.0641. The van der Waals surface area contributed by atoms with Crippen LogP contribution in [-0.4, -0.2) is 30.5 Å². The number of fused-ring (bicyclic) bond motifs is 1. The summed E-state index contributed by atoms with van der Waals surface area (Å²) >= 11 is 0. The van der Waals surface area contributed by atoms with E-state index < -0.39 is 0 Å². The van der Waals surface area contributed by atoms with Gasteiger partial charge in [0.25, 0.3) is 5.91 Å². The normalized spacial score (nSPS) is 11.0. The van der Waals surface area contributed by atoms with Crippen LogP contribution in [0.4, 0.5) is 11.4 Å². The van der Waals surface area contributed by atoms with E-state index in [0.29, 0.717) is 18.0 Å². The van der Waals surface area contributed by atoms with Crippen LogP contribution in [0, 0.1) is 12.8 Å². The lowest BCUT2D eigenvalue weighted by Crippen LogP contribution is -2.33. The highest BCUT2D eigenvalue weighted by Crippen LogP contribution is 2.26. The first-order valence-corrected chi connectivity index (χ1v) is 9.75. The molecule has 0 aliphatic heterocycles. The van der Waals surface area contributed by atoms with Crippen molar-refractivity contribution in [3.63, 3.8) is 0 Å². The van der Waals surface area contributed by atoms with Crippen molar-refractivity contribution in [2.75, 3.05) is 25.0 Å². The van der Waals surface area contributed by atoms with Crippen molar-refractivity contribution in [2.24, 2.45) is 5.92 Å². The first-order valence-electron chi connectivity index (χ1n) is 9.75. The maximum Gasteiger partial charge on any atom is 0.251 e. The Hall–Kier alpha value is -2.92. The van der Waals surface area contributed by atoms with Crippen LogP contribution in [0.15, 0.2) is 54.6 Å². The van der Waals surface area contributed by atoms with Crippen LogP contribution in [0.2, 0.25) is 0 Å². The zero-order chi connectivity index (χ0) is 19.9. The molecule has 0 saturated heterocycles. The highest BCUT2D eigenvalue weighted by atomic mass is 16.1. The van der Waals surface area contributed by atoms with Gasteiger partial charge in [-0.15, -0.1) is 0 Å². The number of aryl methyl sites for hydroxylation is 1. The van der Waals surface area contributed by atoms with E-state index in [9.17, 15) is 4.79 Å². The summed E-state index contributed by atoms with van der Waals surface area (Å²) < 4.78 is 0. The number of aromatic nitrogens is 1. The molecule has 0 aliphatic carbocycles. The van der Waals surface area contributed by atoms with Crippen LogP contribution in [-0.2, 0) is 0 Å². The van der Waals surface area contributed by atoms with Gasteiger partial charge in [0.2, 0.25) is 0 Å². The number of hydrogen-bond donors (Lipinski definition) is 3. The van der Waals surface area contributed by atoms with Crippen molar-refractivity contribution in [1.29, 1.82) is 0 Å². The van der Waals surface area contributed by atoms with Gasteiger partial charge in [-0.25, -0.2) is 0 Å². The Labute approximate surface area is 166 Å². The molecule has 0 radical (unpaired) electrons. The fourth-order valence-corrected chi connectivity index (χ4v) is 3.06. The summed E-state index contributed by atoms with van der Waals surface area (Å²) in [7, 11) is 0. The number of anilines is 2. The number of para-hydroxylation sites is 1. The summed E-state index contributed by atoms with van der Waals surface area (Å²) in [4.78, 5) is 17.0. The van der Waals surface area contributed by atoms with E-state index in [0.717, 1.165) is 41.1 Å². The lowest BCUT2D eigenvalue weighted by atomic mass is 10.1. The Morgan fingerprint density at radius 2 is 1.86 bits per heavy atom. The summed E-state index contributed by atoms with van der Waals surface area (Å²) in [6.45, 7) is 8.64. The maximum atomic E-state index is 12.4. The molecule has 0 spiro atoms. The zero-order valence-electron chi connectivity index (χ0n) is 16.8. The van der Waals surface area contributed by atoms with Crippen molar-refractivity contribution in [3.8, 4) is 0 Å². The maximum absolute atomic E-state index is 12.4. The van der Waals surface area contributed by atoms with Crippen LogP contribution in [0.3, 0.4) is 0 Å². The van der Waals surface area contributed by atoms with E-state index in [1.54, 1.807) is 0 Å². The molecular formula is C23H28N4O. The van der Waals surface area contributed by atoms with Gasteiger partial charge in [-0.05, 0) is 49.7 Å². The lowest BCUT2D eigenvalue weighted by molar-refractivity contribution is 0.0954. The van der Waals surface area contributed by atoms with E-state index in [2.05, 4.69) is 34.8 Å². The molecule has 146 valence electrons. The second-order valence-electron chi connectivity index (χ2n) is 7.39. The third kappa shape index (κ3) is 5.30. The van der Waals surface area contributed by atoms with Crippen LogP contribution < -0.4 is 16.0 Å². The van der Waals surface area contributed by atoms with Crippen molar-refractivity contribution in [1.82, 2.24) is 15.6 Å². The Kier molecular flexibility index (Phi) is 6.61. The van der Waals surface area contributed by atoms with Gasteiger partial charge in [-0.1, -0.05) is 38.1 Å². The number of nitrogens with zero attached hydrogens (tertiary/aromatic N) is 1. The summed E-state index contributed by atoms with van der Waals surface area (Å²) in [6.07, 6.45) is 0. The van der Waals surface area contributed by atoms with Crippen molar-refractivity contribution < 1.29 is 4.79 Å². The Morgan fingerprint density at radius 1 is 1.04 bits per heavy atom. The summed E-state index contributed by atoms with van der Waals surface area (Å²) in [5.74, 6) is 0.539. The molecule has 5 heteroatoms.